The second kappa shape index (κ2) is 39.3. The van der Waals surface area contributed by atoms with Gasteiger partial charge in [-0.15, -0.1) is 0 Å². The van der Waals surface area contributed by atoms with Crippen molar-refractivity contribution in [3.63, 3.8) is 0 Å². The van der Waals surface area contributed by atoms with Crippen LogP contribution in [-0.4, -0.2) is 70.7 Å². The monoisotopic (exact) mass is 796 g/mol. The molecule has 0 aromatic heterocycles. The second-order valence-corrected chi connectivity index (χ2v) is 17.4. The molecule has 0 fully saturated rings. The van der Waals surface area contributed by atoms with E-state index >= 15 is 0 Å². The fourth-order valence-electron chi connectivity index (χ4n) is 5.96. The number of allylic oxidation sites excluding steroid dienone is 8. The fourth-order valence-corrected chi connectivity index (χ4v) is 6.69. The first kappa shape index (κ1) is 53.5. The van der Waals surface area contributed by atoms with E-state index in [9.17, 15) is 14.3 Å². The van der Waals surface area contributed by atoms with Crippen molar-refractivity contribution in [3.8, 4) is 0 Å². The Hall–Kier alpha value is -1.54. The van der Waals surface area contributed by atoms with Gasteiger partial charge in [-0.2, -0.15) is 0 Å². The van der Waals surface area contributed by atoms with E-state index in [2.05, 4.69) is 62.5 Å². The maximum atomic E-state index is 12.7. The highest BCUT2D eigenvalue weighted by molar-refractivity contribution is 7.45. The number of quaternary nitrogens is 1. The van der Waals surface area contributed by atoms with Gasteiger partial charge in [-0.3, -0.25) is 9.36 Å². The summed E-state index contributed by atoms with van der Waals surface area (Å²) in [7, 11) is 1.32. The number of hydrogen-bond acceptors (Lipinski definition) is 7. The molecule has 9 heteroatoms. The molecule has 0 aromatic carbocycles. The Labute approximate surface area is 339 Å². The highest BCUT2D eigenvalue weighted by Gasteiger charge is 2.20. The van der Waals surface area contributed by atoms with Gasteiger partial charge in [-0.05, 0) is 44.9 Å². The van der Waals surface area contributed by atoms with Crippen LogP contribution in [0.15, 0.2) is 48.6 Å². The lowest BCUT2D eigenvalue weighted by Crippen LogP contribution is -2.37. The van der Waals surface area contributed by atoms with Gasteiger partial charge in [-0.25, -0.2) is 0 Å². The Balaban J connectivity index is 4.25. The molecular formula is C46H86NO7P. The van der Waals surface area contributed by atoms with Crippen molar-refractivity contribution in [2.45, 2.75) is 187 Å². The topological polar surface area (TPSA) is 94.1 Å². The summed E-state index contributed by atoms with van der Waals surface area (Å²) in [6.45, 7) is 5.16. The summed E-state index contributed by atoms with van der Waals surface area (Å²) in [6, 6.07) is 0. The minimum absolute atomic E-state index is 0.0158. The van der Waals surface area contributed by atoms with Crippen molar-refractivity contribution >= 4 is 13.8 Å². The molecule has 2 atom stereocenters. The van der Waals surface area contributed by atoms with Crippen molar-refractivity contribution in [1.82, 2.24) is 0 Å². The Bertz CT molecular complexity index is 1020. The number of ether oxygens (including phenoxy) is 2. The van der Waals surface area contributed by atoms with Crippen LogP contribution in [0.3, 0.4) is 0 Å². The Morgan fingerprint density at radius 3 is 1.51 bits per heavy atom. The predicted octanol–water partition coefficient (Wildman–Crippen LogP) is 12.5. The van der Waals surface area contributed by atoms with Gasteiger partial charge < -0.3 is 27.9 Å². The van der Waals surface area contributed by atoms with E-state index in [1.807, 2.05) is 21.1 Å². The van der Waals surface area contributed by atoms with Gasteiger partial charge in [0, 0.05) is 13.0 Å². The van der Waals surface area contributed by atoms with Gasteiger partial charge in [0.25, 0.3) is 7.82 Å². The van der Waals surface area contributed by atoms with Crippen LogP contribution in [0.4, 0.5) is 0 Å². The van der Waals surface area contributed by atoms with Crippen LogP contribution >= 0.6 is 7.82 Å². The minimum atomic E-state index is -4.54. The van der Waals surface area contributed by atoms with Gasteiger partial charge in [-0.1, -0.05) is 178 Å². The van der Waals surface area contributed by atoms with Crippen LogP contribution in [0, 0.1) is 0 Å². The van der Waals surface area contributed by atoms with E-state index in [0.717, 1.165) is 57.8 Å². The van der Waals surface area contributed by atoms with Crippen molar-refractivity contribution in [3.05, 3.63) is 48.6 Å². The largest absolute Gasteiger partial charge is 0.756 e. The smallest absolute Gasteiger partial charge is 0.306 e. The molecule has 55 heavy (non-hydrogen) atoms. The highest BCUT2D eigenvalue weighted by atomic mass is 31.2. The molecule has 0 radical (unpaired) electrons. The first-order chi connectivity index (χ1) is 26.6. The molecule has 8 nitrogen and oxygen atoms in total. The van der Waals surface area contributed by atoms with Crippen molar-refractivity contribution in [2.75, 3.05) is 54.1 Å². The lowest BCUT2D eigenvalue weighted by atomic mass is 10.0. The molecule has 0 aliphatic carbocycles. The summed E-state index contributed by atoms with van der Waals surface area (Å²) in [6.07, 6.45) is 47.1. The minimum Gasteiger partial charge on any atom is -0.756 e. The molecular weight excluding hydrogens is 709 g/mol. The fraction of sp³-hybridized carbons (Fsp3) is 0.804. The van der Waals surface area contributed by atoms with Gasteiger partial charge >= 0.3 is 5.97 Å². The molecule has 0 spiro atoms. The number of unbranched alkanes of at least 4 members (excludes halogenated alkanes) is 19. The summed E-state index contributed by atoms with van der Waals surface area (Å²) in [5.41, 5.74) is 0. The third-order valence-corrected chi connectivity index (χ3v) is 10.4. The SMILES string of the molecule is CC/C=C\C/C=C\C/C=C\C/C=C\CCCOCC(COP(=O)([O-])OCC[N+](C)(C)C)OC(=O)CCCCCCCCCCCCCCCCCCCCC. The molecule has 0 amide bonds. The third kappa shape index (κ3) is 43.4. The van der Waals surface area contributed by atoms with E-state index in [1.165, 1.54) is 103 Å². The molecule has 0 bridgehead atoms. The zero-order valence-corrected chi connectivity index (χ0v) is 37.3. The van der Waals surface area contributed by atoms with E-state index < -0.39 is 13.9 Å². The number of rotatable bonds is 41. The average Bonchev–Trinajstić information content (AvgIpc) is 3.13. The summed E-state index contributed by atoms with van der Waals surface area (Å²) in [4.78, 5) is 25.0. The van der Waals surface area contributed by atoms with Gasteiger partial charge in [0.2, 0.25) is 0 Å². The van der Waals surface area contributed by atoms with Crippen LogP contribution in [0.5, 0.6) is 0 Å². The number of carbonyl (C=O) groups is 1. The first-order valence-corrected chi connectivity index (χ1v) is 23.8. The molecule has 322 valence electrons. The molecule has 0 saturated carbocycles. The van der Waals surface area contributed by atoms with Crippen LogP contribution < -0.4 is 4.89 Å². The van der Waals surface area contributed by atoms with E-state index in [4.69, 9.17) is 18.5 Å². The van der Waals surface area contributed by atoms with Crippen LogP contribution in [0.1, 0.15) is 181 Å². The lowest BCUT2D eigenvalue weighted by molar-refractivity contribution is -0.870. The molecule has 0 heterocycles. The summed E-state index contributed by atoms with van der Waals surface area (Å²) in [5.74, 6) is -0.351. The second-order valence-electron chi connectivity index (χ2n) is 16.0. The summed E-state index contributed by atoms with van der Waals surface area (Å²) < 4.78 is 34.5. The zero-order valence-electron chi connectivity index (χ0n) is 36.4. The molecule has 0 rings (SSSR count). The van der Waals surface area contributed by atoms with Crippen molar-refractivity contribution in [1.29, 1.82) is 0 Å². The van der Waals surface area contributed by atoms with Gasteiger partial charge in [0.15, 0.2) is 0 Å². The molecule has 0 aliphatic heterocycles. The lowest BCUT2D eigenvalue weighted by Gasteiger charge is -2.28. The Kier molecular flexibility index (Phi) is 38.2. The number of esters is 1. The number of nitrogens with zero attached hydrogens (tertiary/aromatic N) is 1. The molecule has 0 saturated heterocycles. The Morgan fingerprint density at radius 2 is 1.04 bits per heavy atom. The van der Waals surface area contributed by atoms with E-state index in [-0.39, 0.29) is 25.8 Å². The summed E-state index contributed by atoms with van der Waals surface area (Å²) >= 11 is 0. The van der Waals surface area contributed by atoms with Crippen LogP contribution in [0.25, 0.3) is 0 Å². The van der Waals surface area contributed by atoms with Gasteiger partial charge in [0.05, 0.1) is 34.4 Å². The summed E-state index contributed by atoms with van der Waals surface area (Å²) in [5, 5.41) is 0. The number of hydrogen-bond donors (Lipinski definition) is 0. The maximum absolute atomic E-state index is 12.7. The van der Waals surface area contributed by atoms with E-state index in [0.29, 0.717) is 24.1 Å². The molecule has 0 aliphatic rings. The third-order valence-electron chi connectivity index (χ3n) is 9.39. The van der Waals surface area contributed by atoms with Crippen molar-refractivity contribution in [2.24, 2.45) is 0 Å². The quantitative estimate of drug-likeness (QED) is 0.0200. The normalized spacial score (nSPS) is 14.2. The molecule has 0 N–H and O–H groups in total. The van der Waals surface area contributed by atoms with Crippen LogP contribution in [-0.2, 0) is 27.9 Å². The highest BCUT2D eigenvalue weighted by Crippen LogP contribution is 2.38. The average molecular weight is 796 g/mol. The number of likely N-dealkylation sites (N-methyl/N-ethyl adjacent to an activating group) is 1. The van der Waals surface area contributed by atoms with E-state index in [1.54, 1.807) is 0 Å². The standard InChI is InChI=1S/C46H86NO7P/c1-6-8-10-12-14-16-18-20-22-23-24-25-26-27-29-31-33-35-37-39-46(48)54-45(44-53-55(49,50)52-42-40-47(3,4)5)43-51-41-38-36-34-32-30-28-21-19-17-15-13-11-9-7-2/h9,11,15,17,21,28,32,34,45H,6-8,10,12-14,16,18-20,22-27,29-31,33,35-44H2,1-5H3/b11-9-,17-15-,28-21-,34-32-. The number of carbonyl (C=O) groups excluding carboxylic acids is 1. The first-order valence-electron chi connectivity index (χ1n) is 22.4. The Morgan fingerprint density at radius 1 is 0.582 bits per heavy atom. The number of phosphoric acid groups is 1. The zero-order chi connectivity index (χ0) is 40.6. The van der Waals surface area contributed by atoms with Crippen molar-refractivity contribution < 1.29 is 37.3 Å². The number of phosphoric ester groups is 1. The molecule has 0 aromatic rings. The molecule has 2 unspecified atom stereocenters. The predicted molar refractivity (Wildman–Crippen MR) is 231 cm³/mol. The van der Waals surface area contributed by atoms with Crippen LogP contribution in [0.2, 0.25) is 0 Å². The van der Waals surface area contributed by atoms with Gasteiger partial charge in [0.1, 0.15) is 19.3 Å². The maximum Gasteiger partial charge on any atom is 0.306 e.